The molecule has 25 heavy (non-hydrogen) atoms. The Kier molecular flexibility index (Phi) is 3.03. The number of hydrogen-bond acceptors (Lipinski definition) is 3. The fourth-order valence-electron chi connectivity index (χ4n) is 3.29. The average Bonchev–Trinajstić information content (AvgIpc) is 3.00. The molecule has 6 heteroatoms. The highest BCUT2D eigenvalue weighted by Gasteiger charge is 2.40. The molecule has 0 radical (unpaired) electrons. The van der Waals surface area contributed by atoms with Gasteiger partial charge in [-0.1, -0.05) is 0 Å². The van der Waals surface area contributed by atoms with E-state index in [0.29, 0.717) is 28.1 Å². The Bertz CT molecular complexity index is 991. The first kappa shape index (κ1) is 15.4. The highest BCUT2D eigenvalue weighted by atomic mass is 19.1. The summed E-state index contributed by atoms with van der Waals surface area (Å²) in [5, 5.41) is 11.9. The van der Waals surface area contributed by atoms with Gasteiger partial charge in [-0.3, -0.25) is 4.79 Å². The lowest BCUT2D eigenvalue weighted by Crippen LogP contribution is -2.15. The zero-order valence-electron chi connectivity index (χ0n) is 13.5. The van der Waals surface area contributed by atoms with Crippen LogP contribution in [0.1, 0.15) is 40.9 Å². The molecule has 2 aliphatic rings. The third-order valence-electron chi connectivity index (χ3n) is 4.47. The molecular weight excluding hydrogens is 325 g/mol. The highest BCUT2D eigenvalue weighted by Crippen LogP contribution is 2.48. The van der Waals surface area contributed by atoms with E-state index in [4.69, 9.17) is 4.74 Å². The molecule has 0 spiro atoms. The van der Waals surface area contributed by atoms with E-state index < -0.39 is 17.4 Å². The molecule has 2 aromatic carbocycles. The molecule has 5 nitrogen and oxygen atoms in total. The second kappa shape index (κ2) is 4.92. The van der Waals surface area contributed by atoms with Crippen molar-refractivity contribution in [3.05, 3.63) is 64.5 Å². The lowest BCUT2D eigenvalue weighted by atomic mass is 9.92. The Morgan fingerprint density at radius 3 is 2.64 bits per heavy atom. The molecule has 2 aliphatic heterocycles. The molecular formula is C19H14FNO4. The van der Waals surface area contributed by atoms with Gasteiger partial charge in [0.2, 0.25) is 0 Å². The zero-order valence-corrected chi connectivity index (χ0v) is 13.5. The maximum absolute atomic E-state index is 13.7. The fraction of sp³-hybridized carbons (Fsp3) is 0.158. The lowest BCUT2D eigenvalue weighted by molar-refractivity contribution is -0.110. The Morgan fingerprint density at radius 2 is 1.92 bits per heavy atom. The number of amides is 1. The van der Waals surface area contributed by atoms with Gasteiger partial charge in [-0.05, 0) is 50.2 Å². The first-order valence-corrected chi connectivity index (χ1v) is 7.71. The van der Waals surface area contributed by atoms with E-state index in [1.54, 1.807) is 26.0 Å². The molecule has 126 valence electrons. The summed E-state index contributed by atoms with van der Waals surface area (Å²) in [7, 11) is 0. The van der Waals surface area contributed by atoms with Crippen molar-refractivity contribution in [3.63, 3.8) is 0 Å². The number of fused-ring (bicyclic) bond motifs is 2. The SMILES string of the molecule is CC1(C)OC(=C2C(=O)Nc3ccc(F)cc32)c2ccc(C(=O)O)cc21. The van der Waals surface area contributed by atoms with Crippen LogP contribution in [0.2, 0.25) is 0 Å². The number of anilines is 1. The summed E-state index contributed by atoms with van der Waals surface area (Å²) in [5.41, 5.74) is 1.86. The maximum Gasteiger partial charge on any atom is 0.335 e. The quantitative estimate of drug-likeness (QED) is 0.778. The summed E-state index contributed by atoms with van der Waals surface area (Å²) in [6.07, 6.45) is 0. The molecule has 0 bridgehead atoms. The predicted octanol–water partition coefficient (Wildman–Crippen LogP) is 3.61. The number of nitrogens with one attached hydrogen (secondary N) is 1. The predicted molar refractivity (Wildman–Crippen MR) is 89.4 cm³/mol. The molecule has 2 heterocycles. The van der Waals surface area contributed by atoms with Crippen LogP contribution in [0.15, 0.2) is 36.4 Å². The third-order valence-corrected chi connectivity index (χ3v) is 4.47. The number of carboxylic acid groups (broad SMARTS) is 1. The van der Waals surface area contributed by atoms with Crippen molar-refractivity contribution in [1.29, 1.82) is 0 Å². The molecule has 1 amide bonds. The smallest absolute Gasteiger partial charge is 0.335 e. The number of carbonyl (C=O) groups is 2. The van der Waals surface area contributed by atoms with E-state index >= 15 is 0 Å². The average molecular weight is 339 g/mol. The van der Waals surface area contributed by atoms with Crippen molar-refractivity contribution in [2.45, 2.75) is 19.4 Å². The van der Waals surface area contributed by atoms with Crippen molar-refractivity contribution in [2.75, 3.05) is 5.32 Å². The Balaban J connectivity index is 1.98. The van der Waals surface area contributed by atoms with Gasteiger partial charge in [-0.2, -0.15) is 0 Å². The van der Waals surface area contributed by atoms with Crippen molar-refractivity contribution in [2.24, 2.45) is 0 Å². The number of benzene rings is 2. The van der Waals surface area contributed by atoms with E-state index in [-0.39, 0.29) is 17.0 Å². The van der Waals surface area contributed by atoms with Crippen molar-refractivity contribution < 1.29 is 23.8 Å². The molecule has 2 aromatic rings. The minimum atomic E-state index is -1.04. The van der Waals surface area contributed by atoms with Crippen LogP contribution >= 0.6 is 0 Å². The molecule has 2 N–H and O–H groups in total. The molecule has 0 fully saturated rings. The summed E-state index contributed by atoms with van der Waals surface area (Å²) in [5.74, 6) is -1.53. The number of rotatable bonds is 1. The van der Waals surface area contributed by atoms with Gasteiger partial charge >= 0.3 is 5.97 Å². The van der Waals surface area contributed by atoms with Crippen molar-refractivity contribution in [1.82, 2.24) is 0 Å². The summed E-state index contributed by atoms with van der Waals surface area (Å²) in [6.45, 7) is 3.59. The van der Waals surface area contributed by atoms with Gasteiger partial charge in [0.1, 0.15) is 17.2 Å². The van der Waals surface area contributed by atoms with E-state index in [1.165, 1.54) is 24.3 Å². The Morgan fingerprint density at radius 1 is 1.16 bits per heavy atom. The summed E-state index contributed by atoms with van der Waals surface area (Å²) in [4.78, 5) is 23.7. The molecule has 0 aromatic heterocycles. The first-order chi connectivity index (χ1) is 11.8. The van der Waals surface area contributed by atoms with Crippen LogP contribution < -0.4 is 5.32 Å². The molecule has 0 unspecified atom stereocenters. The second-order valence-electron chi connectivity index (χ2n) is 6.53. The van der Waals surface area contributed by atoms with Crippen LogP contribution in [-0.2, 0) is 15.1 Å². The normalized spacial score (nSPS) is 19.9. The topological polar surface area (TPSA) is 75.6 Å². The van der Waals surface area contributed by atoms with Crippen LogP contribution in [0.3, 0.4) is 0 Å². The van der Waals surface area contributed by atoms with E-state index in [2.05, 4.69) is 5.32 Å². The second-order valence-corrected chi connectivity index (χ2v) is 6.53. The van der Waals surface area contributed by atoms with Gasteiger partial charge < -0.3 is 15.2 Å². The first-order valence-electron chi connectivity index (χ1n) is 7.71. The minimum absolute atomic E-state index is 0.143. The van der Waals surface area contributed by atoms with Gasteiger partial charge in [0.15, 0.2) is 0 Å². The molecule has 0 atom stereocenters. The van der Waals surface area contributed by atoms with Gasteiger partial charge in [-0.15, -0.1) is 0 Å². The van der Waals surface area contributed by atoms with Gasteiger partial charge in [0.25, 0.3) is 5.91 Å². The number of hydrogen-bond donors (Lipinski definition) is 2. The van der Waals surface area contributed by atoms with Crippen molar-refractivity contribution in [3.8, 4) is 0 Å². The summed E-state index contributed by atoms with van der Waals surface area (Å²) in [6, 6.07) is 8.70. The van der Waals surface area contributed by atoms with Crippen LogP contribution in [0.25, 0.3) is 11.3 Å². The zero-order chi connectivity index (χ0) is 17.9. The molecule has 0 saturated carbocycles. The molecule has 0 aliphatic carbocycles. The van der Waals surface area contributed by atoms with Crippen LogP contribution in [0.4, 0.5) is 10.1 Å². The number of carboxylic acids is 1. The fourth-order valence-corrected chi connectivity index (χ4v) is 3.29. The van der Waals surface area contributed by atoms with Gasteiger partial charge in [0.05, 0.1) is 11.1 Å². The third kappa shape index (κ3) is 2.21. The minimum Gasteiger partial charge on any atom is -0.482 e. The van der Waals surface area contributed by atoms with Crippen LogP contribution in [0.5, 0.6) is 0 Å². The largest absolute Gasteiger partial charge is 0.482 e. The summed E-state index contributed by atoms with van der Waals surface area (Å²) >= 11 is 0. The summed E-state index contributed by atoms with van der Waals surface area (Å²) < 4.78 is 19.7. The Hall–Kier alpha value is -3.15. The standard InChI is InChI=1S/C19H14FNO4/c1-19(2)13-7-9(18(23)24)3-5-11(13)16(25-19)15-12-8-10(20)4-6-14(12)21-17(15)22/h3-8H,1-2H3,(H,21,22)(H,23,24). The maximum atomic E-state index is 13.7. The highest BCUT2D eigenvalue weighted by molar-refractivity contribution is 6.36. The number of carbonyl (C=O) groups excluding carboxylic acids is 1. The van der Waals surface area contributed by atoms with Gasteiger partial charge in [-0.25, -0.2) is 9.18 Å². The van der Waals surface area contributed by atoms with E-state index in [9.17, 15) is 19.1 Å². The lowest BCUT2D eigenvalue weighted by Gasteiger charge is -2.19. The van der Waals surface area contributed by atoms with Crippen LogP contribution in [-0.4, -0.2) is 17.0 Å². The van der Waals surface area contributed by atoms with E-state index in [1.807, 2.05) is 0 Å². The number of halogens is 1. The number of ether oxygens (including phenoxy) is 1. The Labute approximate surface area is 142 Å². The monoisotopic (exact) mass is 339 g/mol. The molecule has 4 rings (SSSR count). The van der Waals surface area contributed by atoms with Crippen LogP contribution in [0, 0.1) is 5.82 Å². The van der Waals surface area contributed by atoms with Crippen molar-refractivity contribution >= 4 is 28.9 Å². The van der Waals surface area contributed by atoms with E-state index in [0.717, 1.165) is 0 Å². The van der Waals surface area contributed by atoms with Gasteiger partial charge in [0, 0.05) is 22.4 Å². The molecule has 0 saturated heterocycles. The number of aromatic carboxylic acids is 1.